The van der Waals surface area contributed by atoms with Crippen molar-refractivity contribution in [2.24, 2.45) is 12.1 Å². The molecule has 41 heavy (non-hydrogen) atoms. The minimum absolute atomic E-state index is 0.0185. The Morgan fingerprint density at radius 1 is 1.02 bits per heavy atom. The largest absolute Gasteiger partial charge is 0.497 e. The van der Waals surface area contributed by atoms with E-state index in [1.165, 1.54) is 47.1 Å². The van der Waals surface area contributed by atoms with Crippen LogP contribution in [0.15, 0.2) is 83.1 Å². The summed E-state index contributed by atoms with van der Waals surface area (Å²) in [5.74, 6) is -0.635. The molecule has 0 bridgehead atoms. The van der Waals surface area contributed by atoms with E-state index in [1.54, 1.807) is 36.9 Å². The molecule has 1 aliphatic heterocycles. The highest BCUT2D eigenvalue weighted by atomic mass is 32.2. The number of carbonyl (C=O) groups excluding carboxylic acids is 2. The lowest BCUT2D eigenvalue weighted by atomic mass is 9.98. The van der Waals surface area contributed by atoms with Gasteiger partial charge in [0, 0.05) is 13.5 Å². The number of nitrogens with zero attached hydrogens (tertiary/aromatic N) is 5. The molecule has 12 heteroatoms. The highest BCUT2D eigenvalue weighted by Crippen LogP contribution is 2.34. The van der Waals surface area contributed by atoms with E-state index in [0.717, 1.165) is 16.8 Å². The maximum absolute atomic E-state index is 13.9. The van der Waals surface area contributed by atoms with Crippen molar-refractivity contribution >= 4 is 29.3 Å². The topological polar surface area (TPSA) is 102 Å². The Kier molecular flexibility index (Phi) is 8.39. The first kappa shape index (κ1) is 28.0. The smallest absolute Gasteiger partial charge is 0.254 e. The van der Waals surface area contributed by atoms with Crippen LogP contribution in [-0.2, 0) is 18.4 Å². The lowest BCUT2D eigenvalue weighted by Gasteiger charge is -2.22. The molecule has 0 fully saturated rings. The normalized spacial score (nSPS) is 14.6. The van der Waals surface area contributed by atoms with Gasteiger partial charge in [0.2, 0.25) is 0 Å². The summed E-state index contributed by atoms with van der Waals surface area (Å²) in [7, 11) is 3.31. The number of benzene rings is 3. The third kappa shape index (κ3) is 6.27. The number of methoxy groups -OCH3 is 1. The van der Waals surface area contributed by atoms with E-state index < -0.39 is 17.8 Å². The molecule has 2 amide bonds. The summed E-state index contributed by atoms with van der Waals surface area (Å²) in [4.78, 5) is 25.8. The Hall–Kier alpha value is -4.58. The molecule has 0 saturated heterocycles. The molecule has 9 nitrogen and oxygen atoms in total. The zero-order valence-corrected chi connectivity index (χ0v) is 23.1. The Bertz CT molecular complexity index is 1590. The van der Waals surface area contributed by atoms with Crippen molar-refractivity contribution in [3.63, 3.8) is 0 Å². The average molecular weight is 577 g/mol. The SMILES string of the molecule is COc1ccc(C2=NN(C(=O)CSc3nnc(CNC(=O)c4ccccc4F)n3C)[C@H](c3ccc(F)cc3)C2)cc1. The van der Waals surface area contributed by atoms with Gasteiger partial charge in [-0.2, -0.15) is 5.10 Å². The molecule has 1 aromatic heterocycles. The molecule has 0 aliphatic carbocycles. The average Bonchev–Trinajstić information content (AvgIpc) is 3.59. The second-order valence-electron chi connectivity index (χ2n) is 9.19. The van der Waals surface area contributed by atoms with Crippen molar-refractivity contribution < 1.29 is 23.1 Å². The van der Waals surface area contributed by atoms with Crippen LogP contribution in [0.1, 0.15) is 39.8 Å². The van der Waals surface area contributed by atoms with Crippen molar-refractivity contribution in [3.05, 3.63) is 107 Å². The van der Waals surface area contributed by atoms with Crippen LogP contribution in [-0.4, -0.2) is 50.2 Å². The van der Waals surface area contributed by atoms with Crippen LogP contribution in [0.3, 0.4) is 0 Å². The summed E-state index contributed by atoms with van der Waals surface area (Å²) < 4.78 is 34.4. The van der Waals surface area contributed by atoms with Gasteiger partial charge in [0.1, 0.15) is 17.4 Å². The van der Waals surface area contributed by atoms with Gasteiger partial charge in [-0.15, -0.1) is 10.2 Å². The van der Waals surface area contributed by atoms with E-state index in [0.29, 0.717) is 23.2 Å². The highest BCUT2D eigenvalue weighted by molar-refractivity contribution is 7.99. The van der Waals surface area contributed by atoms with Crippen molar-refractivity contribution in [3.8, 4) is 5.75 Å². The minimum atomic E-state index is -0.614. The van der Waals surface area contributed by atoms with Crippen LogP contribution in [0.4, 0.5) is 8.78 Å². The van der Waals surface area contributed by atoms with Crippen LogP contribution in [0.5, 0.6) is 5.75 Å². The number of thioether (sulfide) groups is 1. The highest BCUT2D eigenvalue weighted by Gasteiger charge is 2.33. The number of aromatic nitrogens is 3. The standard InChI is InChI=1S/C29H26F2N6O3S/c1-36-26(16-32-28(39)22-5-3-4-6-23(22)31)33-34-29(36)41-17-27(38)37-25(19-7-11-20(30)12-8-19)15-24(35-37)18-9-13-21(40-2)14-10-18/h3-14,25H,15-17H2,1-2H3,(H,32,39)/t25-/m0/s1. The first-order valence-electron chi connectivity index (χ1n) is 12.7. The Morgan fingerprint density at radius 2 is 1.76 bits per heavy atom. The number of amides is 2. The Labute approximate surface area is 239 Å². The quantitative estimate of drug-likeness (QED) is 0.295. The summed E-state index contributed by atoms with van der Waals surface area (Å²) >= 11 is 1.18. The Morgan fingerprint density at radius 3 is 2.46 bits per heavy atom. The summed E-state index contributed by atoms with van der Waals surface area (Å²) in [6.45, 7) is 0.0272. The van der Waals surface area contributed by atoms with Gasteiger partial charge in [-0.25, -0.2) is 13.8 Å². The molecule has 0 saturated carbocycles. The van der Waals surface area contributed by atoms with Crippen molar-refractivity contribution in [1.29, 1.82) is 0 Å². The number of halogens is 2. The summed E-state index contributed by atoms with van der Waals surface area (Å²) in [6, 6.07) is 18.8. The molecular formula is C29H26F2N6O3S. The summed E-state index contributed by atoms with van der Waals surface area (Å²) in [5, 5.41) is 17.4. The molecule has 0 unspecified atom stereocenters. The third-order valence-electron chi connectivity index (χ3n) is 6.62. The summed E-state index contributed by atoms with van der Waals surface area (Å²) in [6.07, 6.45) is 0.462. The number of hydrazone groups is 1. The molecule has 2 heterocycles. The number of hydrogen-bond acceptors (Lipinski definition) is 7. The third-order valence-corrected chi connectivity index (χ3v) is 7.62. The van der Waals surface area contributed by atoms with Gasteiger partial charge in [0.15, 0.2) is 11.0 Å². The van der Waals surface area contributed by atoms with E-state index in [9.17, 15) is 18.4 Å². The Balaban J connectivity index is 1.27. The molecule has 210 valence electrons. The van der Waals surface area contributed by atoms with Crippen LogP contribution < -0.4 is 10.1 Å². The fraction of sp³-hybridized carbons (Fsp3) is 0.207. The lowest BCUT2D eigenvalue weighted by Crippen LogP contribution is -2.28. The van der Waals surface area contributed by atoms with Gasteiger partial charge >= 0.3 is 0 Å². The van der Waals surface area contributed by atoms with E-state index in [1.807, 2.05) is 24.3 Å². The summed E-state index contributed by atoms with van der Waals surface area (Å²) in [5.41, 5.74) is 2.29. The van der Waals surface area contributed by atoms with Gasteiger partial charge in [-0.1, -0.05) is 36.0 Å². The van der Waals surface area contributed by atoms with Crippen molar-refractivity contribution in [2.75, 3.05) is 12.9 Å². The van der Waals surface area contributed by atoms with Gasteiger partial charge < -0.3 is 14.6 Å². The molecule has 1 N–H and O–H groups in total. The molecule has 0 radical (unpaired) electrons. The second kappa shape index (κ2) is 12.3. The predicted octanol–water partition coefficient (Wildman–Crippen LogP) is 4.50. The first-order valence-corrected chi connectivity index (χ1v) is 13.7. The molecule has 5 rings (SSSR count). The molecule has 1 aliphatic rings. The lowest BCUT2D eigenvalue weighted by molar-refractivity contribution is -0.130. The first-order chi connectivity index (χ1) is 19.8. The number of carbonyl (C=O) groups is 2. The van der Waals surface area contributed by atoms with Gasteiger partial charge in [-0.3, -0.25) is 9.59 Å². The monoisotopic (exact) mass is 576 g/mol. The van der Waals surface area contributed by atoms with Crippen LogP contribution in [0.2, 0.25) is 0 Å². The molecule has 4 aromatic rings. The molecule has 0 spiro atoms. The fourth-order valence-electron chi connectivity index (χ4n) is 4.36. The molecule has 1 atom stereocenters. The van der Waals surface area contributed by atoms with Crippen LogP contribution >= 0.6 is 11.8 Å². The fourth-order valence-corrected chi connectivity index (χ4v) is 5.14. The van der Waals surface area contributed by atoms with Gasteiger partial charge in [0.05, 0.1) is 36.7 Å². The van der Waals surface area contributed by atoms with Crippen molar-refractivity contribution in [1.82, 2.24) is 25.1 Å². The van der Waals surface area contributed by atoms with E-state index in [2.05, 4.69) is 20.6 Å². The number of nitrogens with one attached hydrogen (secondary N) is 1. The van der Waals surface area contributed by atoms with Crippen molar-refractivity contribution in [2.45, 2.75) is 24.2 Å². The van der Waals surface area contributed by atoms with E-state index >= 15 is 0 Å². The van der Waals surface area contributed by atoms with E-state index in [4.69, 9.17) is 4.74 Å². The maximum Gasteiger partial charge on any atom is 0.254 e. The van der Waals surface area contributed by atoms with Crippen LogP contribution in [0, 0.1) is 11.6 Å². The molecular weight excluding hydrogens is 550 g/mol. The predicted molar refractivity (Wildman–Crippen MR) is 149 cm³/mol. The van der Waals surface area contributed by atoms with Crippen LogP contribution in [0.25, 0.3) is 0 Å². The number of rotatable bonds is 9. The number of hydrogen-bond donors (Lipinski definition) is 1. The second-order valence-corrected chi connectivity index (χ2v) is 10.1. The molecule has 3 aromatic carbocycles. The van der Waals surface area contributed by atoms with Gasteiger partial charge in [-0.05, 0) is 59.7 Å². The minimum Gasteiger partial charge on any atom is -0.497 e. The zero-order valence-electron chi connectivity index (χ0n) is 22.3. The van der Waals surface area contributed by atoms with E-state index in [-0.39, 0.29) is 29.6 Å². The number of ether oxygens (including phenoxy) is 1. The maximum atomic E-state index is 13.9. The zero-order chi connectivity index (χ0) is 28.9. The van der Waals surface area contributed by atoms with Gasteiger partial charge in [0.25, 0.3) is 11.8 Å².